The molecule has 1 aromatic carbocycles. The molecule has 2 saturated heterocycles. The van der Waals surface area contributed by atoms with E-state index in [2.05, 4.69) is 0 Å². The zero-order chi connectivity index (χ0) is 22.5. The van der Waals surface area contributed by atoms with Crippen LogP contribution in [0.5, 0.6) is 11.5 Å². The summed E-state index contributed by atoms with van der Waals surface area (Å²) in [6.45, 7) is 0.0615. The molecule has 2 aliphatic heterocycles. The average Bonchev–Trinajstić information content (AvgIpc) is 3.40. The number of halogens is 1. The minimum absolute atomic E-state index is 0.151. The van der Waals surface area contributed by atoms with Crippen molar-refractivity contribution in [3.05, 3.63) is 23.2 Å². The summed E-state index contributed by atoms with van der Waals surface area (Å²) in [5.41, 5.74) is 0. The Morgan fingerprint density at radius 2 is 1.42 bits per heavy atom. The van der Waals surface area contributed by atoms with E-state index in [1.807, 2.05) is 0 Å². The molecule has 0 spiro atoms. The number of carboxylic acids is 2. The molecule has 2 amide bonds. The average molecular weight is 455 g/mol. The molecule has 2 aliphatic rings. The second-order valence-corrected chi connectivity index (χ2v) is 7.74. The number of carbonyl (C=O) groups excluding carboxylic acids is 2. The highest BCUT2D eigenvalue weighted by Crippen LogP contribution is 2.29. The third kappa shape index (κ3) is 5.38. The van der Waals surface area contributed by atoms with Crippen molar-refractivity contribution in [2.45, 2.75) is 37.8 Å². The lowest BCUT2D eigenvalue weighted by Crippen LogP contribution is -2.42. The predicted molar refractivity (Wildman–Crippen MR) is 107 cm³/mol. The Kier molecular flexibility index (Phi) is 7.21. The topological polar surface area (TPSA) is 134 Å². The van der Waals surface area contributed by atoms with Gasteiger partial charge >= 0.3 is 11.9 Å². The molecule has 1 aromatic rings. The van der Waals surface area contributed by atoms with E-state index in [1.54, 1.807) is 0 Å². The first-order valence-corrected chi connectivity index (χ1v) is 10.3. The Hall–Kier alpha value is -3.01. The van der Waals surface area contributed by atoms with E-state index in [1.165, 1.54) is 28.0 Å². The minimum atomic E-state index is -1.04. The number of nitrogens with zero attached hydrogens (tertiary/aromatic N) is 2. The van der Waals surface area contributed by atoms with E-state index in [4.69, 9.17) is 31.3 Å². The van der Waals surface area contributed by atoms with Gasteiger partial charge in [0.25, 0.3) is 11.8 Å². The fourth-order valence-electron chi connectivity index (χ4n) is 3.78. The number of aliphatic carboxylic acids is 2. The molecule has 0 saturated carbocycles. The SMILES string of the molecule is O=C(O)[C@H]1CCCN1C(=O)COc1ccc(OCC(=O)N2CCC[C@@H]2C(=O)O)c(Cl)c1. The van der Waals surface area contributed by atoms with Gasteiger partial charge < -0.3 is 29.5 Å². The number of carboxylic acid groups (broad SMARTS) is 2. The van der Waals surface area contributed by atoms with Gasteiger partial charge in [0.2, 0.25) is 0 Å². The van der Waals surface area contributed by atoms with Crippen LogP contribution < -0.4 is 9.47 Å². The van der Waals surface area contributed by atoms with Crippen LogP contribution in [0.3, 0.4) is 0 Å². The molecule has 31 heavy (non-hydrogen) atoms. The molecule has 0 unspecified atom stereocenters. The molecule has 2 fully saturated rings. The van der Waals surface area contributed by atoms with Crippen molar-refractivity contribution in [2.75, 3.05) is 26.3 Å². The Morgan fingerprint density at radius 3 is 1.90 bits per heavy atom. The van der Waals surface area contributed by atoms with Crippen molar-refractivity contribution in [1.82, 2.24) is 9.80 Å². The largest absolute Gasteiger partial charge is 0.484 e. The predicted octanol–water partition coefficient (Wildman–Crippen LogP) is 1.25. The smallest absolute Gasteiger partial charge is 0.326 e. The summed E-state index contributed by atoms with van der Waals surface area (Å²) in [5.74, 6) is -2.44. The fraction of sp³-hybridized carbons (Fsp3) is 0.500. The second kappa shape index (κ2) is 9.86. The van der Waals surface area contributed by atoms with E-state index in [9.17, 15) is 19.2 Å². The number of likely N-dealkylation sites (tertiary alicyclic amines) is 2. The quantitative estimate of drug-likeness (QED) is 0.599. The van der Waals surface area contributed by atoms with Gasteiger partial charge in [0, 0.05) is 19.2 Å². The molecule has 2 heterocycles. The third-order valence-electron chi connectivity index (χ3n) is 5.33. The van der Waals surface area contributed by atoms with Crippen LogP contribution in [-0.4, -0.2) is 82.2 Å². The molecule has 11 heteroatoms. The maximum Gasteiger partial charge on any atom is 0.326 e. The van der Waals surface area contributed by atoms with Gasteiger partial charge in [-0.15, -0.1) is 0 Å². The van der Waals surface area contributed by atoms with Crippen molar-refractivity contribution in [1.29, 1.82) is 0 Å². The van der Waals surface area contributed by atoms with Crippen LogP contribution in [0, 0.1) is 0 Å². The molecule has 0 aliphatic carbocycles. The highest BCUT2D eigenvalue weighted by Gasteiger charge is 2.35. The van der Waals surface area contributed by atoms with Crippen LogP contribution in [0.15, 0.2) is 18.2 Å². The van der Waals surface area contributed by atoms with Crippen LogP contribution in [0.4, 0.5) is 0 Å². The van der Waals surface area contributed by atoms with Crippen LogP contribution in [0.1, 0.15) is 25.7 Å². The number of ether oxygens (including phenoxy) is 2. The Morgan fingerprint density at radius 1 is 0.903 bits per heavy atom. The number of hydrogen-bond acceptors (Lipinski definition) is 6. The van der Waals surface area contributed by atoms with Gasteiger partial charge in [-0.3, -0.25) is 9.59 Å². The standard InChI is InChI=1S/C20H23ClN2O8/c21-13-9-12(30-10-17(24)22-7-1-3-14(22)19(26)27)5-6-16(13)31-11-18(25)23-8-2-4-15(23)20(28)29/h5-6,9,14-15H,1-4,7-8,10-11H2,(H,26,27)(H,28,29)/t14-,15-/m1/s1. The summed E-state index contributed by atoms with van der Waals surface area (Å²) in [4.78, 5) is 49.5. The van der Waals surface area contributed by atoms with Crippen molar-refractivity contribution < 1.29 is 38.9 Å². The van der Waals surface area contributed by atoms with Gasteiger partial charge in [0.1, 0.15) is 23.6 Å². The van der Waals surface area contributed by atoms with Gasteiger partial charge in [-0.05, 0) is 37.8 Å². The van der Waals surface area contributed by atoms with Crippen LogP contribution >= 0.6 is 11.6 Å². The van der Waals surface area contributed by atoms with E-state index >= 15 is 0 Å². The summed E-state index contributed by atoms with van der Waals surface area (Å²) in [7, 11) is 0. The van der Waals surface area contributed by atoms with Gasteiger partial charge in [-0.2, -0.15) is 0 Å². The molecule has 0 bridgehead atoms. The highest BCUT2D eigenvalue weighted by atomic mass is 35.5. The second-order valence-electron chi connectivity index (χ2n) is 7.34. The van der Waals surface area contributed by atoms with Gasteiger partial charge in [0.15, 0.2) is 13.2 Å². The van der Waals surface area contributed by atoms with Gasteiger partial charge in [-0.25, -0.2) is 9.59 Å². The molecule has 10 nitrogen and oxygen atoms in total. The van der Waals surface area contributed by atoms with E-state index in [0.717, 1.165) is 0 Å². The van der Waals surface area contributed by atoms with E-state index < -0.39 is 35.8 Å². The van der Waals surface area contributed by atoms with Gasteiger partial charge in [0.05, 0.1) is 5.02 Å². The number of benzene rings is 1. The maximum atomic E-state index is 12.3. The molecular formula is C20H23ClN2O8. The van der Waals surface area contributed by atoms with E-state index in [0.29, 0.717) is 38.8 Å². The Balaban J connectivity index is 1.52. The first-order chi connectivity index (χ1) is 14.8. The van der Waals surface area contributed by atoms with E-state index in [-0.39, 0.29) is 29.7 Å². The highest BCUT2D eigenvalue weighted by molar-refractivity contribution is 6.32. The summed E-state index contributed by atoms with van der Waals surface area (Å²) < 4.78 is 10.9. The molecule has 0 radical (unpaired) electrons. The van der Waals surface area contributed by atoms with Gasteiger partial charge in [-0.1, -0.05) is 11.6 Å². The first kappa shape index (κ1) is 22.7. The zero-order valence-electron chi connectivity index (χ0n) is 16.7. The summed E-state index contributed by atoms with van der Waals surface area (Å²) in [6, 6.07) is 2.74. The van der Waals surface area contributed by atoms with Crippen molar-refractivity contribution in [3.63, 3.8) is 0 Å². The van der Waals surface area contributed by atoms with Crippen molar-refractivity contribution in [2.24, 2.45) is 0 Å². The lowest BCUT2D eigenvalue weighted by Gasteiger charge is -2.22. The lowest BCUT2D eigenvalue weighted by molar-refractivity contribution is -0.149. The van der Waals surface area contributed by atoms with Crippen molar-refractivity contribution in [3.8, 4) is 11.5 Å². The fourth-order valence-corrected chi connectivity index (χ4v) is 4.01. The molecule has 2 atom stereocenters. The number of hydrogen-bond donors (Lipinski definition) is 2. The first-order valence-electron chi connectivity index (χ1n) is 9.87. The monoisotopic (exact) mass is 454 g/mol. The third-order valence-corrected chi connectivity index (χ3v) is 5.63. The minimum Gasteiger partial charge on any atom is -0.484 e. The zero-order valence-corrected chi connectivity index (χ0v) is 17.4. The molecule has 168 valence electrons. The van der Waals surface area contributed by atoms with Crippen LogP contribution in [-0.2, 0) is 19.2 Å². The summed E-state index contributed by atoms with van der Waals surface area (Å²) >= 11 is 6.16. The normalized spacial score (nSPS) is 20.5. The molecule has 2 N–H and O–H groups in total. The molecule has 0 aromatic heterocycles. The van der Waals surface area contributed by atoms with Crippen molar-refractivity contribution >= 4 is 35.4 Å². The lowest BCUT2D eigenvalue weighted by atomic mass is 10.2. The van der Waals surface area contributed by atoms with Crippen LogP contribution in [0.25, 0.3) is 0 Å². The van der Waals surface area contributed by atoms with Crippen LogP contribution in [0.2, 0.25) is 5.02 Å². The Labute approximate surface area is 183 Å². The Bertz CT molecular complexity index is 877. The molecule has 3 rings (SSSR count). The number of carbonyl (C=O) groups is 4. The molecular weight excluding hydrogens is 432 g/mol. The summed E-state index contributed by atoms with van der Waals surface area (Å²) in [5, 5.41) is 18.5. The number of amides is 2. The number of rotatable bonds is 8. The summed E-state index contributed by atoms with van der Waals surface area (Å²) in [6.07, 6.45) is 2.09. The maximum absolute atomic E-state index is 12.3.